The van der Waals surface area contributed by atoms with Gasteiger partial charge in [0.1, 0.15) is 0 Å². The molecule has 3 rings (SSSR count). The lowest BCUT2D eigenvalue weighted by Crippen LogP contribution is -2.16. The number of hydrogen-bond acceptors (Lipinski definition) is 1. The lowest BCUT2D eigenvalue weighted by molar-refractivity contribution is 0.586. The Hall–Kier alpha value is -2.15. The third kappa shape index (κ3) is 3.76. The molecule has 0 radical (unpaired) electrons. The first-order valence-corrected chi connectivity index (χ1v) is 9.13. The first kappa shape index (κ1) is 17.7. The first-order chi connectivity index (χ1) is 11.7. The highest BCUT2D eigenvalue weighted by Gasteiger charge is 2.22. The Labute approximate surface area is 152 Å². The van der Waals surface area contributed by atoms with Gasteiger partial charge in [0.15, 0.2) is 0 Å². The van der Waals surface area contributed by atoms with Gasteiger partial charge in [-0.3, -0.25) is 4.98 Å². The van der Waals surface area contributed by atoms with Crippen molar-refractivity contribution in [3.05, 3.63) is 77.0 Å². The van der Waals surface area contributed by atoms with E-state index in [2.05, 4.69) is 84.0 Å². The zero-order valence-corrected chi connectivity index (χ0v) is 16.4. The summed E-state index contributed by atoms with van der Waals surface area (Å²) in [5, 5.41) is 1.22. The van der Waals surface area contributed by atoms with E-state index < -0.39 is 0 Å². The Morgan fingerprint density at radius 1 is 0.800 bits per heavy atom. The SMILES string of the molecule is CC(C)(C)c1cccc(Cc2ccc3cccnc3c2C(C)(C)C)c1. The topological polar surface area (TPSA) is 12.9 Å². The summed E-state index contributed by atoms with van der Waals surface area (Å²) >= 11 is 0. The molecule has 1 heterocycles. The molecule has 130 valence electrons. The highest BCUT2D eigenvalue weighted by molar-refractivity contribution is 5.84. The van der Waals surface area contributed by atoms with Crippen LogP contribution in [0.2, 0.25) is 0 Å². The number of pyridine rings is 1. The molecule has 0 unspecified atom stereocenters. The van der Waals surface area contributed by atoms with Crippen molar-refractivity contribution < 1.29 is 0 Å². The van der Waals surface area contributed by atoms with Gasteiger partial charge in [0.2, 0.25) is 0 Å². The molecule has 2 aromatic carbocycles. The van der Waals surface area contributed by atoms with E-state index in [4.69, 9.17) is 4.98 Å². The zero-order chi connectivity index (χ0) is 18.2. The molecule has 1 aromatic heterocycles. The van der Waals surface area contributed by atoms with Crippen LogP contribution in [0.1, 0.15) is 63.8 Å². The molecule has 1 nitrogen and oxygen atoms in total. The van der Waals surface area contributed by atoms with E-state index in [-0.39, 0.29) is 10.8 Å². The van der Waals surface area contributed by atoms with Gasteiger partial charge in [0.25, 0.3) is 0 Å². The maximum absolute atomic E-state index is 4.71. The summed E-state index contributed by atoms with van der Waals surface area (Å²) in [6.07, 6.45) is 2.85. The van der Waals surface area contributed by atoms with Crippen LogP contribution in [-0.4, -0.2) is 4.98 Å². The Kier molecular flexibility index (Phi) is 4.45. The lowest BCUT2D eigenvalue weighted by atomic mass is 9.80. The molecule has 0 spiro atoms. The predicted octanol–water partition coefficient (Wildman–Crippen LogP) is 6.42. The maximum atomic E-state index is 4.71. The third-order valence-electron chi connectivity index (χ3n) is 4.80. The third-order valence-corrected chi connectivity index (χ3v) is 4.80. The number of aromatic nitrogens is 1. The number of fused-ring (bicyclic) bond motifs is 1. The second-order valence-corrected chi connectivity index (χ2v) is 9.05. The van der Waals surface area contributed by atoms with Crippen LogP contribution in [0, 0.1) is 0 Å². The Bertz CT molecular complexity index is 892. The fourth-order valence-corrected chi connectivity index (χ4v) is 3.54. The van der Waals surface area contributed by atoms with E-state index in [0.29, 0.717) is 0 Å². The highest BCUT2D eigenvalue weighted by atomic mass is 14.7. The van der Waals surface area contributed by atoms with Crippen LogP contribution >= 0.6 is 0 Å². The summed E-state index contributed by atoms with van der Waals surface area (Å²) in [5.41, 5.74) is 6.88. The second kappa shape index (κ2) is 6.29. The fraction of sp³-hybridized carbons (Fsp3) is 0.375. The van der Waals surface area contributed by atoms with Crippen molar-refractivity contribution in [1.29, 1.82) is 0 Å². The average molecular weight is 332 g/mol. The van der Waals surface area contributed by atoms with E-state index in [1.807, 2.05) is 12.3 Å². The molecule has 0 saturated carbocycles. The van der Waals surface area contributed by atoms with Crippen molar-refractivity contribution in [3.63, 3.8) is 0 Å². The van der Waals surface area contributed by atoms with E-state index in [1.165, 1.54) is 27.6 Å². The van der Waals surface area contributed by atoms with Crippen LogP contribution in [0.3, 0.4) is 0 Å². The molecule has 0 aliphatic carbocycles. The highest BCUT2D eigenvalue weighted by Crippen LogP contribution is 2.33. The molecule has 0 aliphatic heterocycles. The summed E-state index contributed by atoms with van der Waals surface area (Å²) < 4.78 is 0. The predicted molar refractivity (Wildman–Crippen MR) is 108 cm³/mol. The number of rotatable bonds is 2. The summed E-state index contributed by atoms with van der Waals surface area (Å²) in [7, 11) is 0. The Morgan fingerprint density at radius 3 is 2.24 bits per heavy atom. The lowest BCUT2D eigenvalue weighted by Gasteiger charge is -2.25. The number of hydrogen-bond donors (Lipinski definition) is 0. The molecule has 25 heavy (non-hydrogen) atoms. The minimum atomic E-state index is 0.0604. The molecule has 0 fully saturated rings. The van der Waals surface area contributed by atoms with Crippen molar-refractivity contribution in [2.24, 2.45) is 0 Å². The molecule has 3 aromatic rings. The van der Waals surface area contributed by atoms with E-state index >= 15 is 0 Å². The smallest absolute Gasteiger partial charge is 0.0742 e. The Morgan fingerprint density at radius 2 is 1.56 bits per heavy atom. The molecular formula is C24H29N. The fourth-order valence-electron chi connectivity index (χ4n) is 3.54. The minimum Gasteiger partial charge on any atom is -0.256 e. The van der Waals surface area contributed by atoms with Gasteiger partial charge in [0.05, 0.1) is 5.52 Å². The zero-order valence-electron chi connectivity index (χ0n) is 16.4. The van der Waals surface area contributed by atoms with E-state index in [9.17, 15) is 0 Å². The van der Waals surface area contributed by atoms with Crippen molar-refractivity contribution in [2.75, 3.05) is 0 Å². The summed E-state index contributed by atoms with van der Waals surface area (Å²) in [6.45, 7) is 13.7. The molecular weight excluding hydrogens is 302 g/mol. The molecule has 0 aliphatic rings. The summed E-state index contributed by atoms with van der Waals surface area (Å²) in [4.78, 5) is 4.71. The van der Waals surface area contributed by atoms with Crippen LogP contribution in [0.15, 0.2) is 54.7 Å². The van der Waals surface area contributed by atoms with Crippen molar-refractivity contribution in [1.82, 2.24) is 4.98 Å². The van der Waals surface area contributed by atoms with Gasteiger partial charge in [0, 0.05) is 11.6 Å². The number of benzene rings is 2. The van der Waals surface area contributed by atoms with E-state index in [0.717, 1.165) is 11.9 Å². The molecule has 1 heteroatoms. The van der Waals surface area contributed by atoms with Crippen LogP contribution in [0.25, 0.3) is 10.9 Å². The van der Waals surface area contributed by atoms with Crippen molar-refractivity contribution >= 4 is 10.9 Å². The van der Waals surface area contributed by atoms with Gasteiger partial charge in [-0.1, -0.05) is 84.0 Å². The molecule has 0 amide bonds. The van der Waals surface area contributed by atoms with Gasteiger partial charge < -0.3 is 0 Å². The first-order valence-electron chi connectivity index (χ1n) is 9.13. The molecule has 0 saturated heterocycles. The quantitative estimate of drug-likeness (QED) is 0.528. The largest absolute Gasteiger partial charge is 0.256 e. The van der Waals surface area contributed by atoms with Crippen molar-refractivity contribution in [2.45, 2.75) is 58.8 Å². The van der Waals surface area contributed by atoms with Crippen LogP contribution in [0.4, 0.5) is 0 Å². The van der Waals surface area contributed by atoms with Crippen LogP contribution < -0.4 is 0 Å². The molecule has 0 bridgehead atoms. The number of nitrogens with zero attached hydrogens (tertiary/aromatic N) is 1. The molecule has 0 N–H and O–H groups in total. The van der Waals surface area contributed by atoms with Crippen LogP contribution in [-0.2, 0) is 17.3 Å². The van der Waals surface area contributed by atoms with Gasteiger partial charge in [-0.15, -0.1) is 0 Å². The van der Waals surface area contributed by atoms with Gasteiger partial charge >= 0.3 is 0 Å². The standard InChI is InChI=1S/C24H29N/c1-23(2,3)20-11-7-9-17(16-20)15-19-13-12-18-10-8-14-25-22(18)21(19)24(4,5)6/h7-14,16H,15H2,1-6H3. The van der Waals surface area contributed by atoms with E-state index in [1.54, 1.807) is 0 Å². The molecule has 0 atom stereocenters. The Balaban J connectivity index is 2.11. The summed E-state index contributed by atoms with van der Waals surface area (Å²) in [6, 6.07) is 17.7. The van der Waals surface area contributed by atoms with Crippen LogP contribution in [0.5, 0.6) is 0 Å². The van der Waals surface area contributed by atoms with Gasteiger partial charge in [-0.2, -0.15) is 0 Å². The minimum absolute atomic E-state index is 0.0604. The van der Waals surface area contributed by atoms with Gasteiger partial charge in [-0.25, -0.2) is 0 Å². The summed E-state index contributed by atoms with van der Waals surface area (Å²) in [5.74, 6) is 0. The second-order valence-electron chi connectivity index (χ2n) is 9.05. The normalized spacial score (nSPS) is 12.6. The monoisotopic (exact) mass is 331 g/mol. The average Bonchev–Trinajstić information content (AvgIpc) is 2.53. The van der Waals surface area contributed by atoms with Crippen molar-refractivity contribution in [3.8, 4) is 0 Å². The van der Waals surface area contributed by atoms with Gasteiger partial charge in [-0.05, 0) is 45.6 Å². The maximum Gasteiger partial charge on any atom is 0.0742 e.